The van der Waals surface area contributed by atoms with Crippen molar-refractivity contribution in [2.24, 2.45) is 0 Å². The molecule has 1 saturated heterocycles. The normalized spacial score (nSPS) is 21.6. The number of amides is 2. The second-order valence-corrected chi connectivity index (χ2v) is 11.8. The largest absolute Gasteiger partial charge is 0.477 e. The van der Waals surface area contributed by atoms with Gasteiger partial charge < -0.3 is 55.1 Å². The molecule has 1 aliphatic heterocycles. The van der Waals surface area contributed by atoms with Crippen molar-refractivity contribution in [2.45, 2.75) is 87.9 Å². The molecule has 0 radical (unpaired) electrons. The van der Waals surface area contributed by atoms with E-state index in [1.807, 2.05) is 0 Å². The summed E-state index contributed by atoms with van der Waals surface area (Å²) in [6.45, 7) is 0.363. The number of carbonyl (C=O) groups excluding carboxylic acids is 2. The highest BCUT2D eigenvalue weighted by molar-refractivity contribution is 5.79. The zero-order valence-corrected chi connectivity index (χ0v) is 28.0. The van der Waals surface area contributed by atoms with Gasteiger partial charge in [0.05, 0.1) is 57.3 Å². The van der Waals surface area contributed by atoms with E-state index in [0.717, 1.165) is 12.8 Å². The number of nitrogens with one attached hydrogen (secondary N) is 2. The van der Waals surface area contributed by atoms with Gasteiger partial charge in [0.2, 0.25) is 11.8 Å². The van der Waals surface area contributed by atoms with Crippen LogP contribution in [-0.2, 0) is 52.9 Å². The number of aromatic nitrogens is 3. The highest BCUT2D eigenvalue weighted by atomic mass is 16.7. The number of rotatable bonds is 22. The lowest BCUT2D eigenvalue weighted by molar-refractivity contribution is -0.310. The fraction of sp³-hybridized carbons (Fsp3) is 0.606. The Morgan fingerprint density at radius 1 is 1.12 bits per heavy atom. The molecule has 0 bridgehead atoms. The van der Waals surface area contributed by atoms with E-state index in [4.69, 9.17) is 25.4 Å². The zero-order valence-electron chi connectivity index (χ0n) is 28.0. The standard InChI is InChI=1S/C33H47N5O12/c1-3-22-8-10-23(11-9-22)16-27(42)34-18-26(41)30(44)31-29(35-28(43)20-39)25(40)17-33(50-31,32(45)46)49-13-7-5-4-6-12-38-19-24(36-37-38)21-48-15-14-47-2/h1,8-11,19,25-26,29-31,39-41,44H,4-7,12-18,20-21H2,2H3,(H,34,42)(H,35,43)(H,45,46)/t25-,26+,29+,30+,31+,33+/m0/s1. The summed E-state index contributed by atoms with van der Waals surface area (Å²) in [6.07, 6.45) is 2.10. The molecule has 0 saturated carbocycles. The lowest BCUT2D eigenvalue weighted by Gasteiger charge is -2.46. The third-order valence-corrected chi connectivity index (χ3v) is 7.98. The molecule has 2 heterocycles. The molecule has 1 aromatic heterocycles. The number of nitrogens with zero attached hydrogens (tertiary/aromatic N) is 3. The Labute approximate surface area is 289 Å². The van der Waals surface area contributed by atoms with Gasteiger partial charge in [0, 0.05) is 32.2 Å². The van der Waals surface area contributed by atoms with Gasteiger partial charge in [-0.25, -0.2) is 4.79 Å². The monoisotopic (exact) mass is 705 g/mol. The Morgan fingerprint density at radius 3 is 2.54 bits per heavy atom. The molecule has 3 rings (SSSR count). The molecule has 50 heavy (non-hydrogen) atoms. The van der Waals surface area contributed by atoms with Crippen LogP contribution >= 0.6 is 0 Å². The lowest BCUT2D eigenvalue weighted by atomic mass is 9.88. The first-order valence-corrected chi connectivity index (χ1v) is 16.3. The van der Waals surface area contributed by atoms with E-state index in [1.165, 1.54) is 0 Å². The van der Waals surface area contributed by atoms with Crippen molar-refractivity contribution >= 4 is 17.8 Å². The zero-order chi connectivity index (χ0) is 36.5. The highest BCUT2D eigenvalue weighted by Crippen LogP contribution is 2.34. The van der Waals surface area contributed by atoms with Crippen molar-refractivity contribution in [1.29, 1.82) is 0 Å². The average molecular weight is 706 g/mol. The van der Waals surface area contributed by atoms with Gasteiger partial charge >= 0.3 is 5.97 Å². The number of carboxylic acid groups (broad SMARTS) is 1. The Balaban J connectivity index is 1.54. The minimum atomic E-state index is -2.43. The van der Waals surface area contributed by atoms with E-state index in [9.17, 15) is 39.9 Å². The van der Waals surface area contributed by atoms with Gasteiger partial charge in [0.1, 0.15) is 24.5 Å². The van der Waals surface area contributed by atoms with Crippen LogP contribution in [0.1, 0.15) is 48.9 Å². The third kappa shape index (κ3) is 12.4. The Morgan fingerprint density at radius 2 is 1.86 bits per heavy atom. The summed E-state index contributed by atoms with van der Waals surface area (Å²) in [5.41, 5.74) is 1.99. The number of unbranched alkanes of at least 4 members (excludes halogenated alkanes) is 3. The van der Waals surface area contributed by atoms with E-state index in [-0.39, 0.29) is 13.0 Å². The number of hydrogen-bond acceptors (Lipinski definition) is 13. The average Bonchev–Trinajstić information content (AvgIpc) is 3.56. The summed E-state index contributed by atoms with van der Waals surface area (Å²) < 4.78 is 23.5. The topological polar surface area (TPSA) is 244 Å². The van der Waals surface area contributed by atoms with Crippen LogP contribution in [0.15, 0.2) is 30.5 Å². The molecule has 2 aromatic rings. The maximum absolute atomic E-state index is 12.5. The molecule has 17 heteroatoms. The van der Waals surface area contributed by atoms with Crippen LogP contribution in [0.5, 0.6) is 0 Å². The van der Waals surface area contributed by atoms with Gasteiger partial charge in [-0.05, 0) is 30.5 Å². The molecule has 0 aliphatic carbocycles. The molecule has 0 spiro atoms. The van der Waals surface area contributed by atoms with Crippen molar-refractivity contribution in [2.75, 3.05) is 40.1 Å². The number of aliphatic carboxylic acids is 1. The van der Waals surface area contributed by atoms with Gasteiger partial charge in [-0.3, -0.25) is 14.3 Å². The highest BCUT2D eigenvalue weighted by Gasteiger charge is 2.55. The summed E-state index contributed by atoms with van der Waals surface area (Å²) >= 11 is 0. The Kier molecular flexibility index (Phi) is 16.7. The first-order chi connectivity index (χ1) is 24.0. The molecule has 0 unspecified atom stereocenters. The minimum absolute atomic E-state index is 0.0516. The number of methoxy groups -OCH3 is 1. The summed E-state index contributed by atoms with van der Waals surface area (Å²) in [6, 6.07) is 5.26. The summed E-state index contributed by atoms with van der Waals surface area (Å²) in [7, 11) is 1.59. The van der Waals surface area contributed by atoms with Gasteiger partial charge in [-0.2, -0.15) is 0 Å². The van der Waals surface area contributed by atoms with Gasteiger partial charge in [-0.15, -0.1) is 11.5 Å². The quantitative estimate of drug-likeness (QED) is 0.0544. The molecule has 1 aliphatic rings. The number of hydrogen-bond donors (Lipinski definition) is 7. The maximum Gasteiger partial charge on any atom is 0.364 e. The van der Waals surface area contributed by atoms with E-state index in [0.29, 0.717) is 56.0 Å². The molecule has 276 valence electrons. The van der Waals surface area contributed by atoms with Gasteiger partial charge in [-0.1, -0.05) is 36.1 Å². The summed E-state index contributed by atoms with van der Waals surface area (Å²) in [5, 5.41) is 65.1. The summed E-state index contributed by atoms with van der Waals surface area (Å²) in [5.74, 6) is -2.97. The SMILES string of the molecule is C#Cc1ccc(CC(=O)NC[C@@H](O)[C@@H](O)[C@@H]2O[C@@](OCCCCCCn3cc(COCCOC)nn3)(C(=O)O)C[C@H](O)[C@H]2NC(=O)CO)cc1. The number of benzene rings is 1. The van der Waals surface area contributed by atoms with Crippen molar-refractivity contribution < 1.29 is 58.9 Å². The minimum Gasteiger partial charge on any atom is -0.477 e. The second kappa shape index (κ2) is 20.6. The molecule has 1 aromatic carbocycles. The molecule has 2 amide bonds. The molecule has 6 atom stereocenters. The molecule has 7 N–H and O–H groups in total. The van der Waals surface area contributed by atoms with Crippen LogP contribution in [-0.4, -0.2) is 135 Å². The Hall–Kier alpha value is -3.99. The maximum atomic E-state index is 12.5. The fourth-order valence-electron chi connectivity index (χ4n) is 5.27. The van der Waals surface area contributed by atoms with Crippen LogP contribution < -0.4 is 10.6 Å². The predicted octanol–water partition coefficient (Wildman–Crippen LogP) is -1.51. The van der Waals surface area contributed by atoms with Crippen LogP contribution in [0.2, 0.25) is 0 Å². The van der Waals surface area contributed by atoms with E-state index >= 15 is 0 Å². The number of carbonyl (C=O) groups is 3. The number of ether oxygens (including phenoxy) is 4. The molecule has 1 fully saturated rings. The summed E-state index contributed by atoms with van der Waals surface area (Å²) in [4.78, 5) is 37.0. The fourth-order valence-corrected chi connectivity index (χ4v) is 5.27. The lowest BCUT2D eigenvalue weighted by Crippen LogP contribution is -2.68. The van der Waals surface area contributed by atoms with Gasteiger partial charge in [0.15, 0.2) is 0 Å². The number of terminal acetylenes is 1. The number of aliphatic hydroxyl groups is 4. The van der Waals surface area contributed by atoms with Crippen LogP contribution in [0, 0.1) is 12.3 Å². The smallest absolute Gasteiger partial charge is 0.364 e. The van der Waals surface area contributed by atoms with Crippen molar-refractivity contribution in [3.8, 4) is 12.3 Å². The van der Waals surface area contributed by atoms with Crippen molar-refractivity contribution in [3.05, 3.63) is 47.3 Å². The van der Waals surface area contributed by atoms with Crippen LogP contribution in [0.3, 0.4) is 0 Å². The first-order valence-electron chi connectivity index (χ1n) is 16.3. The van der Waals surface area contributed by atoms with Crippen molar-refractivity contribution in [3.63, 3.8) is 0 Å². The Bertz CT molecular complexity index is 1400. The molecular formula is C33H47N5O12. The van der Waals surface area contributed by atoms with Gasteiger partial charge in [0.25, 0.3) is 5.79 Å². The number of aryl methyl sites for hydroxylation is 1. The third-order valence-electron chi connectivity index (χ3n) is 7.98. The van der Waals surface area contributed by atoms with E-state index in [2.05, 4.69) is 26.9 Å². The number of carboxylic acids is 1. The van der Waals surface area contributed by atoms with Crippen LogP contribution in [0.4, 0.5) is 0 Å². The van der Waals surface area contributed by atoms with E-state index in [1.54, 1.807) is 42.3 Å². The first kappa shape index (κ1) is 40.4. The van der Waals surface area contributed by atoms with Crippen LogP contribution in [0.25, 0.3) is 0 Å². The van der Waals surface area contributed by atoms with E-state index < -0.39 is 73.6 Å². The van der Waals surface area contributed by atoms with Crippen molar-refractivity contribution in [1.82, 2.24) is 25.6 Å². The second-order valence-electron chi connectivity index (χ2n) is 11.8. The molecular weight excluding hydrogens is 658 g/mol. The molecule has 17 nitrogen and oxygen atoms in total. The predicted molar refractivity (Wildman–Crippen MR) is 174 cm³/mol. The number of aliphatic hydroxyl groups excluding tert-OH is 4.